The molecule has 0 aromatic heterocycles. The second-order valence-corrected chi connectivity index (χ2v) is 3.41. The third kappa shape index (κ3) is 3.97. The van der Waals surface area contributed by atoms with E-state index in [-0.39, 0.29) is 23.8 Å². The number of hydrogen-bond acceptors (Lipinski definition) is 3. The quantitative estimate of drug-likeness (QED) is 0.557. The van der Waals surface area contributed by atoms with Crippen LogP contribution in [0, 0.1) is 0 Å². The van der Waals surface area contributed by atoms with Gasteiger partial charge in [-0.3, -0.25) is 4.79 Å². The van der Waals surface area contributed by atoms with Gasteiger partial charge in [-0.15, -0.1) is 0 Å². The fraction of sp³-hybridized carbons (Fsp3) is 0.875. The molecule has 0 spiro atoms. The number of aliphatic hydroxyl groups is 1. The summed E-state index contributed by atoms with van der Waals surface area (Å²) >= 11 is 3.86. The molecule has 0 aliphatic carbocycles. The lowest BCUT2D eigenvalue weighted by molar-refractivity contribution is -0.120. The molecule has 0 aliphatic heterocycles. The first-order chi connectivity index (χ1) is 5.58. The van der Waals surface area contributed by atoms with Crippen LogP contribution >= 0.6 is 12.6 Å². The van der Waals surface area contributed by atoms with Crippen molar-refractivity contribution in [3.63, 3.8) is 0 Å². The second kappa shape index (κ2) is 5.43. The average molecular weight is 191 g/mol. The Kier molecular flexibility index (Phi) is 5.33. The summed E-state index contributed by atoms with van der Waals surface area (Å²) in [5, 5.41) is 11.6. The highest BCUT2D eigenvalue weighted by atomic mass is 32.1. The predicted molar refractivity (Wildman–Crippen MR) is 52.4 cm³/mol. The van der Waals surface area contributed by atoms with Crippen LogP contribution in [0.15, 0.2) is 0 Å². The molecule has 1 unspecified atom stereocenters. The van der Waals surface area contributed by atoms with Crippen LogP contribution in [-0.2, 0) is 4.79 Å². The molecule has 0 radical (unpaired) electrons. The SMILES string of the molecule is CCC(C)(CCO)NC(=O)CS. The lowest BCUT2D eigenvalue weighted by atomic mass is 9.95. The lowest BCUT2D eigenvalue weighted by Gasteiger charge is -2.28. The van der Waals surface area contributed by atoms with Gasteiger partial charge >= 0.3 is 0 Å². The van der Waals surface area contributed by atoms with Crippen molar-refractivity contribution in [1.29, 1.82) is 0 Å². The number of nitrogens with one attached hydrogen (secondary N) is 1. The first kappa shape index (κ1) is 11.8. The van der Waals surface area contributed by atoms with Crippen molar-refractivity contribution in [1.82, 2.24) is 5.32 Å². The Bertz CT molecular complexity index is 152. The standard InChI is InChI=1S/C8H17NO2S/c1-3-8(2,4-5-10)9-7(11)6-12/h10,12H,3-6H2,1-2H3,(H,9,11). The number of rotatable bonds is 5. The van der Waals surface area contributed by atoms with Crippen LogP contribution in [0.3, 0.4) is 0 Å². The molecular formula is C8H17NO2S. The maximum Gasteiger partial charge on any atom is 0.230 e. The Morgan fingerprint density at radius 3 is 2.58 bits per heavy atom. The van der Waals surface area contributed by atoms with Gasteiger partial charge in [0.1, 0.15) is 0 Å². The van der Waals surface area contributed by atoms with E-state index in [2.05, 4.69) is 17.9 Å². The Balaban J connectivity index is 4.03. The molecule has 4 heteroatoms. The minimum atomic E-state index is -0.283. The van der Waals surface area contributed by atoms with Crippen LogP contribution in [0.25, 0.3) is 0 Å². The molecule has 0 saturated heterocycles. The normalized spacial score (nSPS) is 15.3. The number of hydrogen-bond donors (Lipinski definition) is 3. The average Bonchev–Trinajstić information content (AvgIpc) is 2.05. The van der Waals surface area contributed by atoms with Crippen LogP contribution in [0.2, 0.25) is 0 Å². The smallest absolute Gasteiger partial charge is 0.230 e. The van der Waals surface area contributed by atoms with Gasteiger partial charge in [-0.05, 0) is 19.8 Å². The van der Waals surface area contributed by atoms with Crippen LogP contribution < -0.4 is 5.32 Å². The van der Waals surface area contributed by atoms with Gasteiger partial charge in [0.15, 0.2) is 0 Å². The van der Waals surface area contributed by atoms with E-state index in [0.717, 1.165) is 6.42 Å². The van der Waals surface area contributed by atoms with Gasteiger partial charge < -0.3 is 10.4 Å². The summed E-state index contributed by atoms with van der Waals surface area (Å²) in [5.74, 6) is 0.109. The van der Waals surface area contributed by atoms with Crippen LogP contribution in [0.5, 0.6) is 0 Å². The number of aliphatic hydroxyl groups excluding tert-OH is 1. The van der Waals surface area contributed by atoms with Crippen LogP contribution in [0.4, 0.5) is 0 Å². The molecule has 0 aromatic carbocycles. The third-order valence-electron chi connectivity index (χ3n) is 2.03. The third-order valence-corrected chi connectivity index (χ3v) is 2.32. The van der Waals surface area contributed by atoms with Gasteiger partial charge in [0.2, 0.25) is 5.91 Å². The molecule has 0 aromatic rings. The highest BCUT2D eigenvalue weighted by Crippen LogP contribution is 2.13. The summed E-state index contributed by atoms with van der Waals surface area (Å²) in [7, 11) is 0. The Hall–Kier alpha value is -0.220. The van der Waals surface area contributed by atoms with Crippen molar-refractivity contribution < 1.29 is 9.90 Å². The molecule has 72 valence electrons. The van der Waals surface area contributed by atoms with E-state index in [1.807, 2.05) is 13.8 Å². The molecule has 1 amide bonds. The predicted octanol–water partition coefficient (Wildman–Crippen LogP) is 0.583. The lowest BCUT2D eigenvalue weighted by Crippen LogP contribution is -2.46. The molecule has 12 heavy (non-hydrogen) atoms. The van der Waals surface area contributed by atoms with Crippen molar-refractivity contribution in [2.45, 2.75) is 32.2 Å². The van der Waals surface area contributed by atoms with Crippen LogP contribution in [0.1, 0.15) is 26.7 Å². The highest BCUT2D eigenvalue weighted by molar-refractivity contribution is 7.81. The van der Waals surface area contributed by atoms with Gasteiger partial charge in [0.05, 0.1) is 5.75 Å². The van der Waals surface area contributed by atoms with Gasteiger partial charge in [-0.2, -0.15) is 12.6 Å². The molecule has 0 heterocycles. The largest absolute Gasteiger partial charge is 0.396 e. The monoisotopic (exact) mass is 191 g/mol. The Morgan fingerprint density at radius 1 is 1.67 bits per heavy atom. The summed E-state index contributed by atoms with van der Waals surface area (Å²) in [6, 6.07) is 0. The van der Waals surface area contributed by atoms with Gasteiger partial charge in [0, 0.05) is 12.1 Å². The summed E-state index contributed by atoms with van der Waals surface area (Å²) in [6.45, 7) is 4.00. The minimum Gasteiger partial charge on any atom is -0.396 e. The van der Waals surface area contributed by atoms with Crippen molar-refractivity contribution in [2.24, 2.45) is 0 Å². The van der Waals surface area contributed by atoms with E-state index >= 15 is 0 Å². The maximum absolute atomic E-state index is 11.0. The van der Waals surface area contributed by atoms with Crippen LogP contribution in [-0.4, -0.2) is 28.9 Å². The maximum atomic E-state index is 11.0. The zero-order valence-corrected chi connectivity index (χ0v) is 8.53. The molecule has 0 fully saturated rings. The minimum absolute atomic E-state index is 0.0869. The fourth-order valence-electron chi connectivity index (χ4n) is 0.951. The summed E-state index contributed by atoms with van der Waals surface area (Å²) in [5.41, 5.74) is -0.283. The first-order valence-electron chi connectivity index (χ1n) is 4.10. The molecule has 0 saturated carbocycles. The number of amides is 1. The second-order valence-electron chi connectivity index (χ2n) is 3.09. The van der Waals surface area contributed by atoms with E-state index < -0.39 is 0 Å². The van der Waals surface area contributed by atoms with E-state index in [1.54, 1.807) is 0 Å². The zero-order valence-electron chi connectivity index (χ0n) is 7.63. The van der Waals surface area contributed by atoms with Crippen molar-refractivity contribution in [2.75, 3.05) is 12.4 Å². The Morgan fingerprint density at radius 2 is 2.25 bits per heavy atom. The Labute approximate surface area is 79.0 Å². The zero-order chi connectivity index (χ0) is 9.61. The van der Waals surface area contributed by atoms with E-state index in [1.165, 1.54) is 0 Å². The van der Waals surface area contributed by atoms with Crippen molar-refractivity contribution >= 4 is 18.5 Å². The fourth-order valence-corrected chi connectivity index (χ4v) is 1.03. The van der Waals surface area contributed by atoms with Gasteiger partial charge in [0.25, 0.3) is 0 Å². The van der Waals surface area contributed by atoms with Crippen molar-refractivity contribution in [3.05, 3.63) is 0 Å². The number of carbonyl (C=O) groups excluding carboxylic acids is 1. The van der Waals surface area contributed by atoms with Crippen molar-refractivity contribution in [3.8, 4) is 0 Å². The summed E-state index contributed by atoms with van der Waals surface area (Å²) in [6.07, 6.45) is 1.40. The van der Waals surface area contributed by atoms with Gasteiger partial charge in [-0.1, -0.05) is 6.92 Å². The molecule has 1 atom stereocenters. The van der Waals surface area contributed by atoms with E-state index in [9.17, 15) is 4.79 Å². The van der Waals surface area contributed by atoms with E-state index in [0.29, 0.717) is 6.42 Å². The molecule has 0 rings (SSSR count). The van der Waals surface area contributed by atoms with Gasteiger partial charge in [-0.25, -0.2) is 0 Å². The molecule has 0 bridgehead atoms. The molecule has 0 aliphatic rings. The van der Waals surface area contributed by atoms with E-state index in [4.69, 9.17) is 5.11 Å². The number of thiol groups is 1. The molecular weight excluding hydrogens is 174 g/mol. The number of carbonyl (C=O) groups is 1. The highest BCUT2D eigenvalue weighted by Gasteiger charge is 2.22. The molecule has 2 N–H and O–H groups in total. The summed E-state index contributed by atoms with van der Waals surface area (Å²) in [4.78, 5) is 11.0. The first-order valence-corrected chi connectivity index (χ1v) is 4.74. The molecule has 3 nitrogen and oxygen atoms in total. The summed E-state index contributed by atoms with van der Waals surface area (Å²) < 4.78 is 0. The topological polar surface area (TPSA) is 49.3 Å².